The van der Waals surface area contributed by atoms with Crippen LogP contribution in [0, 0.1) is 23.0 Å². The minimum Gasteiger partial charge on any atom is -0.444 e. The summed E-state index contributed by atoms with van der Waals surface area (Å²) < 4.78 is 77.7. The number of alkyl halides is 3. The van der Waals surface area contributed by atoms with Gasteiger partial charge >= 0.3 is 18.0 Å². The number of thiophene rings is 1. The van der Waals surface area contributed by atoms with Crippen LogP contribution in [0.25, 0.3) is 32.1 Å². The molecule has 0 bridgehead atoms. The molecule has 2 aromatic carbocycles. The first-order valence-electron chi connectivity index (χ1n) is 10.3. The van der Waals surface area contributed by atoms with Gasteiger partial charge in [0.15, 0.2) is 5.82 Å². The van der Waals surface area contributed by atoms with Crippen molar-refractivity contribution in [1.82, 2.24) is 9.97 Å². The first-order chi connectivity index (χ1) is 17.1. The molecular formula is C23H14ClF5N4O3S. The molecule has 0 aliphatic rings. The highest BCUT2D eigenvalue weighted by molar-refractivity contribution is 7.23. The van der Waals surface area contributed by atoms with E-state index < -0.39 is 73.5 Å². The molecule has 0 aliphatic carbocycles. The Balaban J connectivity index is 2.09. The number of nitriles is 1. The van der Waals surface area contributed by atoms with E-state index in [9.17, 15) is 32.4 Å². The predicted molar refractivity (Wildman–Crippen MR) is 128 cm³/mol. The summed E-state index contributed by atoms with van der Waals surface area (Å²) in [5.41, 5.74) is -6.28. The van der Waals surface area contributed by atoms with Gasteiger partial charge in [-0.1, -0.05) is 17.7 Å². The van der Waals surface area contributed by atoms with Crippen molar-refractivity contribution in [2.24, 2.45) is 0 Å². The Kier molecular flexibility index (Phi) is 6.37. The van der Waals surface area contributed by atoms with Crippen LogP contribution in [0.4, 0.5) is 31.7 Å². The fourth-order valence-corrected chi connectivity index (χ4v) is 4.96. The van der Waals surface area contributed by atoms with Gasteiger partial charge in [0, 0.05) is 16.3 Å². The van der Waals surface area contributed by atoms with Crippen LogP contribution in [0.15, 0.2) is 23.0 Å². The van der Waals surface area contributed by atoms with Gasteiger partial charge in [-0.05, 0) is 38.5 Å². The molecule has 0 radical (unpaired) electrons. The molecule has 0 saturated carbocycles. The monoisotopic (exact) mass is 556 g/mol. The van der Waals surface area contributed by atoms with Gasteiger partial charge in [-0.25, -0.2) is 18.4 Å². The number of fused-ring (bicyclic) bond motifs is 2. The molecule has 0 aliphatic heterocycles. The highest BCUT2D eigenvalue weighted by Gasteiger charge is 2.38. The fraction of sp³-hybridized carbons (Fsp3) is 0.217. The summed E-state index contributed by atoms with van der Waals surface area (Å²) in [6, 6.07) is 3.91. The molecule has 0 unspecified atom stereocenters. The minimum absolute atomic E-state index is 0.217. The van der Waals surface area contributed by atoms with E-state index in [-0.39, 0.29) is 15.1 Å². The van der Waals surface area contributed by atoms with Crippen molar-refractivity contribution in [2.75, 3.05) is 5.32 Å². The van der Waals surface area contributed by atoms with E-state index in [0.29, 0.717) is 17.4 Å². The number of carbonyl (C=O) groups excluding carboxylic acids is 1. The number of amides is 1. The van der Waals surface area contributed by atoms with Crippen LogP contribution >= 0.6 is 22.9 Å². The number of benzene rings is 2. The molecule has 1 amide bonds. The first-order valence-corrected chi connectivity index (χ1v) is 11.5. The predicted octanol–water partition coefficient (Wildman–Crippen LogP) is 6.97. The summed E-state index contributed by atoms with van der Waals surface area (Å²) >= 11 is 6.40. The SMILES string of the molecule is CC(C)(C)OC(=O)Nc1sc2c(F)ccc(-c3c(C(F)(F)F)cc4c(Cl)[nH]c(=O)nc4c3F)c2c1C#N. The molecule has 0 atom stereocenters. The van der Waals surface area contributed by atoms with Gasteiger partial charge in [0.05, 0.1) is 15.8 Å². The van der Waals surface area contributed by atoms with Crippen LogP contribution in [0.1, 0.15) is 31.9 Å². The zero-order chi connectivity index (χ0) is 27.4. The third kappa shape index (κ3) is 4.82. The van der Waals surface area contributed by atoms with Gasteiger partial charge in [0.25, 0.3) is 0 Å². The van der Waals surface area contributed by atoms with Crippen molar-refractivity contribution in [3.8, 4) is 17.2 Å². The van der Waals surface area contributed by atoms with Gasteiger partial charge in [-0.3, -0.25) is 10.3 Å². The number of carbonyl (C=O) groups is 1. The molecule has 7 nitrogen and oxygen atoms in total. The second-order valence-electron chi connectivity index (χ2n) is 8.71. The number of H-pyrrole nitrogens is 1. The number of rotatable bonds is 2. The highest BCUT2D eigenvalue weighted by atomic mass is 35.5. The number of halogens is 6. The van der Waals surface area contributed by atoms with E-state index in [0.717, 1.165) is 12.1 Å². The van der Waals surface area contributed by atoms with Crippen LogP contribution in [-0.2, 0) is 10.9 Å². The van der Waals surface area contributed by atoms with Crippen LogP contribution in [-0.4, -0.2) is 21.7 Å². The van der Waals surface area contributed by atoms with E-state index in [1.54, 1.807) is 26.8 Å². The first kappa shape index (κ1) is 26.3. The summed E-state index contributed by atoms with van der Waals surface area (Å²) in [4.78, 5) is 29.4. The third-order valence-electron chi connectivity index (χ3n) is 5.00. The summed E-state index contributed by atoms with van der Waals surface area (Å²) in [5, 5.41) is 10.4. The topological polar surface area (TPSA) is 108 Å². The lowest BCUT2D eigenvalue weighted by atomic mass is 9.93. The standard InChI is InChI=1S/C23H14ClF5N4O3S/c1-22(2,3)36-21(35)33-19-10(7-30)13-8(4-5-12(25)17(13)37-19)14-11(23(27,28)29)6-9-16(15(14)26)31-20(34)32-18(9)24/h4-6H,1-3H3,(H,33,35)(H,31,32,34). The van der Waals surface area contributed by atoms with E-state index >= 15 is 4.39 Å². The number of aromatic nitrogens is 2. The lowest BCUT2D eigenvalue weighted by Gasteiger charge is -2.19. The van der Waals surface area contributed by atoms with Gasteiger partial charge in [-0.15, -0.1) is 11.3 Å². The van der Waals surface area contributed by atoms with Gasteiger partial charge in [-0.2, -0.15) is 23.4 Å². The quantitative estimate of drug-likeness (QED) is 0.205. The molecule has 4 rings (SSSR count). The van der Waals surface area contributed by atoms with E-state index in [1.807, 2.05) is 4.98 Å². The summed E-state index contributed by atoms with van der Waals surface area (Å²) in [5.74, 6) is -2.48. The number of nitrogens with one attached hydrogen (secondary N) is 2. The Morgan fingerprint density at radius 3 is 2.51 bits per heavy atom. The summed E-state index contributed by atoms with van der Waals surface area (Å²) in [6.45, 7) is 4.73. The molecule has 2 heterocycles. The van der Waals surface area contributed by atoms with Gasteiger partial charge in [0.1, 0.15) is 33.2 Å². The molecule has 192 valence electrons. The Labute approximate surface area is 213 Å². The van der Waals surface area contributed by atoms with Gasteiger partial charge < -0.3 is 4.74 Å². The summed E-state index contributed by atoms with van der Waals surface area (Å²) in [7, 11) is 0. The second kappa shape index (κ2) is 8.97. The minimum atomic E-state index is -5.13. The van der Waals surface area contributed by atoms with Crippen molar-refractivity contribution in [3.63, 3.8) is 0 Å². The second-order valence-corrected chi connectivity index (χ2v) is 10.1. The highest BCUT2D eigenvalue weighted by Crippen LogP contribution is 2.47. The maximum absolute atomic E-state index is 15.7. The largest absolute Gasteiger partial charge is 0.444 e. The number of nitrogens with zero attached hydrogens (tertiary/aromatic N) is 2. The fourth-order valence-electron chi connectivity index (χ4n) is 3.67. The van der Waals surface area contributed by atoms with Crippen LogP contribution in [0.2, 0.25) is 5.15 Å². The smallest absolute Gasteiger partial charge is 0.417 e. The molecule has 37 heavy (non-hydrogen) atoms. The van der Waals surface area contributed by atoms with Crippen molar-refractivity contribution >= 4 is 55.0 Å². The van der Waals surface area contributed by atoms with Crippen molar-refractivity contribution in [2.45, 2.75) is 32.5 Å². The number of ether oxygens (including phenoxy) is 1. The van der Waals surface area contributed by atoms with Crippen molar-refractivity contribution in [3.05, 3.63) is 56.6 Å². The van der Waals surface area contributed by atoms with Crippen molar-refractivity contribution < 1.29 is 31.5 Å². The average molecular weight is 557 g/mol. The molecule has 0 saturated heterocycles. The molecule has 2 N–H and O–H groups in total. The molecule has 4 aromatic rings. The van der Waals surface area contributed by atoms with E-state index in [4.69, 9.17) is 16.3 Å². The van der Waals surface area contributed by atoms with Crippen LogP contribution in [0.5, 0.6) is 0 Å². The zero-order valence-corrected chi connectivity index (χ0v) is 20.6. The Hall–Kier alpha value is -3.76. The number of hydrogen-bond acceptors (Lipinski definition) is 6. The van der Waals surface area contributed by atoms with Crippen LogP contribution < -0.4 is 11.0 Å². The summed E-state index contributed by atoms with van der Waals surface area (Å²) in [6.07, 6.45) is -6.13. The maximum atomic E-state index is 15.7. The average Bonchev–Trinajstić information content (AvgIpc) is 3.11. The lowest BCUT2D eigenvalue weighted by molar-refractivity contribution is -0.137. The van der Waals surface area contributed by atoms with E-state index in [2.05, 4.69) is 10.3 Å². The van der Waals surface area contributed by atoms with Gasteiger partial charge in [0.2, 0.25) is 0 Å². The zero-order valence-electron chi connectivity index (χ0n) is 19.0. The Morgan fingerprint density at radius 2 is 1.92 bits per heavy atom. The number of anilines is 1. The third-order valence-corrected chi connectivity index (χ3v) is 6.41. The number of aromatic amines is 1. The number of hydrogen-bond donors (Lipinski definition) is 2. The molecular weight excluding hydrogens is 543 g/mol. The lowest BCUT2D eigenvalue weighted by Crippen LogP contribution is -2.27. The Morgan fingerprint density at radius 1 is 1.24 bits per heavy atom. The molecule has 2 aromatic heterocycles. The Bertz CT molecular complexity index is 1700. The molecule has 0 fully saturated rings. The van der Waals surface area contributed by atoms with Crippen molar-refractivity contribution in [1.29, 1.82) is 5.26 Å². The van der Waals surface area contributed by atoms with Crippen LogP contribution in [0.3, 0.4) is 0 Å². The maximum Gasteiger partial charge on any atom is 0.417 e. The molecule has 0 spiro atoms. The van der Waals surface area contributed by atoms with E-state index in [1.165, 1.54) is 0 Å². The molecule has 14 heteroatoms. The normalized spacial score (nSPS) is 12.1.